The minimum atomic E-state index is -4.68. The molecule has 1 fully saturated rings. The van der Waals surface area contributed by atoms with Gasteiger partial charge in [-0.3, -0.25) is 9.59 Å². The quantitative estimate of drug-likeness (QED) is 0.740. The number of primary amides is 1. The van der Waals surface area contributed by atoms with Crippen molar-refractivity contribution in [3.8, 4) is 22.9 Å². The standard InChI is InChI=1S/C13H7F3N2OS.C5H9NO2/c1-2-7-4-3-5-8(6-7)12-18-9(11(17)19)10(20-12)13(14,15)16;1-6-3-2-4(7)5(6)8/h1,3-6H,(H2,17,19);4,7H,2-3H2,1H3/t;4-/m.0/s1. The maximum absolute atomic E-state index is 12.8. The van der Waals surface area contributed by atoms with Crippen LogP contribution in [0.5, 0.6) is 0 Å². The Bertz CT molecular complexity index is 922. The van der Waals surface area contributed by atoms with E-state index in [0.29, 0.717) is 35.4 Å². The highest BCUT2D eigenvalue weighted by Crippen LogP contribution is 2.39. The Morgan fingerprint density at radius 2 is 2.14 bits per heavy atom. The molecule has 0 spiro atoms. The molecular formula is C18H16F3N3O3S. The van der Waals surface area contributed by atoms with Crippen LogP contribution in [-0.4, -0.2) is 46.5 Å². The first kappa shape index (κ1) is 21.4. The SMILES string of the molecule is C#Cc1cccc(-c2nc(C(N)=O)c(C(F)(F)F)s2)c1.CN1CC[C@H](O)C1=O. The summed E-state index contributed by atoms with van der Waals surface area (Å²) < 4.78 is 38.4. The number of aliphatic hydroxyl groups is 1. The van der Waals surface area contributed by atoms with Gasteiger partial charge in [0.1, 0.15) is 16.0 Å². The van der Waals surface area contributed by atoms with E-state index in [1.54, 1.807) is 25.2 Å². The van der Waals surface area contributed by atoms with Crippen LogP contribution in [0.3, 0.4) is 0 Å². The number of nitrogens with two attached hydrogens (primary N) is 1. The molecule has 0 bridgehead atoms. The van der Waals surface area contributed by atoms with Crippen molar-refractivity contribution in [3.05, 3.63) is 40.4 Å². The number of hydrogen-bond donors (Lipinski definition) is 2. The van der Waals surface area contributed by atoms with Crippen LogP contribution >= 0.6 is 11.3 Å². The fraction of sp³-hybridized carbons (Fsp3) is 0.278. The number of thiazole rings is 1. The first-order chi connectivity index (χ1) is 13.0. The lowest BCUT2D eigenvalue weighted by Crippen LogP contribution is -2.24. The van der Waals surface area contributed by atoms with Crippen molar-refractivity contribution >= 4 is 23.2 Å². The third kappa shape index (κ3) is 4.88. The molecule has 1 aromatic heterocycles. The number of nitrogens with zero attached hydrogens (tertiary/aromatic N) is 2. The summed E-state index contributed by atoms with van der Waals surface area (Å²) in [5, 5.41) is 8.82. The van der Waals surface area contributed by atoms with Gasteiger partial charge in [-0.2, -0.15) is 13.2 Å². The summed E-state index contributed by atoms with van der Waals surface area (Å²) in [4.78, 5) is 25.8. The predicted molar refractivity (Wildman–Crippen MR) is 97.3 cm³/mol. The first-order valence-corrected chi connectivity index (χ1v) is 8.74. The molecule has 0 radical (unpaired) electrons. The molecule has 1 aliphatic rings. The van der Waals surface area contributed by atoms with E-state index in [1.165, 1.54) is 11.0 Å². The summed E-state index contributed by atoms with van der Waals surface area (Å²) in [5.41, 5.74) is 5.07. The van der Waals surface area contributed by atoms with Gasteiger partial charge in [-0.05, 0) is 18.6 Å². The van der Waals surface area contributed by atoms with Gasteiger partial charge in [0, 0.05) is 24.7 Å². The zero-order valence-corrected chi connectivity index (χ0v) is 15.5. The number of carbonyl (C=O) groups is 2. The molecule has 0 unspecified atom stereocenters. The average molecular weight is 411 g/mol. The lowest BCUT2D eigenvalue weighted by molar-refractivity contribution is -0.135. The second kappa shape index (κ2) is 8.41. The minimum absolute atomic E-state index is 0.0447. The van der Waals surface area contributed by atoms with Crippen molar-refractivity contribution in [1.82, 2.24) is 9.88 Å². The van der Waals surface area contributed by atoms with E-state index in [4.69, 9.17) is 17.3 Å². The molecule has 1 aromatic carbocycles. The molecule has 28 heavy (non-hydrogen) atoms. The molecule has 1 atom stereocenters. The van der Waals surface area contributed by atoms with E-state index in [0.717, 1.165) is 0 Å². The maximum atomic E-state index is 12.8. The Morgan fingerprint density at radius 3 is 2.54 bits per heavy atom. The molecule has 0 saturated carbocycles. The Morgan fingerprint density at radius 1 is 1.46 bits per heavy atom. The van der Waals surface area contributed by atoms with Gasteiger partial charge >= 0.3 is 6.18 Å². The molecule has 2 heterocycles. The lowest BCUT2D eigenvalue weighted by atomic mass is 10.1. The monoisotopic (exact) mass is 411 g/mol. The van der Waals surface area contributed by atoms with Gasteiger partial charge in [0.25, 0.3) is 11.8 Å². The van der Waals surface area contributed by atoms with Crippen molar-refractivity contribution in [3.63, 3.8) is 0 Å². The molecule has 1 aliphatic heterocycles. The third-order valence-corrected chi connectivity index (χ3v) is 4.94. The van der Waals surface area contributed by atoms with E-state index in [9.17, 15) is 22.8 Å². The number of aliphatic hydroxyl groups excluding tert-OH is 1. The molecule has 10 heteroatoms. The van der Waals surface area contributed by atoms with Crippen LogP contribution in [0.4, 0.5) is 13.2 Å². The fourth-order valence-electron chi connectivity index (χ4n) is 2.35. The smallest absolute Gasteiger partial charge is 0.383 e. The summed E-state index contributed by atoms with van der Waals surface area (Å²) in [6, 6.07) is 6.31. The molecule has 2 aromatic rings. The van der Waals surface area contributed by atoms with Crippen LogP contribution in [0.15, 0.2) is 24.3 Å². The van der Waals surface area contributed by atoms with Gasteiger partial charge in [-0.1, -0.05) is 18.1 Å². The van der Waals surface area contributed by atoms with Crippen LogP contribution in [0.1, 0.15) is 27.3 Å². The van der Waals surface area contributed by atoms with E-state index in [-0.39, 0.29) is 10.9 Å². The van der Waals surface area contributed by atoms with Gasteiger partial charge in [-0.15, -0.1) is 17.8 Å². The van der Waals surface area contributed by atoms with Crippen molar-refractivity contribution < 1.29 is 27.9 Å². The molecule has 1 saturated heterocycles. The van der Waals surface area contributed by atoms with E-state index in [1.807, 2.05) is 0 Å². The summed E-state index contributed by atoms with van der Waals surface area (Å²) in [7, 11) is 1.69. The number of halogens is 3. The second-order valence-corrected chi connectivity index (χ2v) is 6.85. The number of aromatic nitrogens is 1. The molecule has 2 amide bonds. The van der Waals surface area contributed by atoms with Crippen molar-refractivity contribution in [1.29, 1.82) is 0 Å². The third-order valence-electron chi connectivity index (χ3n) is 3.79. The van der Waals surface area contributed by atoms with E-state index >= 15 is 0 Å². The first-order valence-electron chi connectivity index (χ1n) is 7.92. The number of benzene rings is 1. The number of terminal acetylenes is 1. The van der Waals surface area contributed by atoms with Crippen LogP contribution in [-0.2, 0) is 11.0 Å². The number of alkyl halides is 3. The largest absolute Gasteiger partial charge is 0.427 e. The Labute approximate surface area is 162 Å². The Kier molecular flexibility index (Phi) is 6.43. The molecule has 6 nitrogen and oxygen atoms in total. The zero-order valence-electron chi connectivity index (χ0n) is 14.7. The van der Waals surface area contributed by atoms with Gasteiger partial charge in [0.15, 0.2) is 5.69 Å². The second-order valence-electron chi connectivity index (χ2n) is 5.85. The minimum Gasteiger partial charge on any atom is -0.383 e. The normalized spacial score (nSPS) is 16.4. The zero-order chi connectivity index (χ0) is 21.1. The Hall–Kier alpha value is -2.90. The highest BCUT2D eigenvalue weighted by molar-refractivity contribution is 7.15. The topological polar surface area (TPSA) is 96.5 Å². The van der Waals surface area contributed by atoms with Crippen LogP contribution in [0, 0.1) is 12.3 Å². The summed E-state index contributed by atoms with van der Waals surface area (Å²) in [6.45, 7) is 0.694. The number of carbonyl (C=O) groups excluding carboxylic acids is 2. The predicted octanol–water partition coefficient (Wildman–Crippen LogP) is 2.12. The fourth-order valence-corrected chi connectivity index (χ4v) is 3.28. The molecular weight excluding hydrogens is 395 g/mol. The van der Waals surface area contributed by atoms with Crippen molar-refractivity contribution in [2.24, 2.45) is 5.73 Å². The van der Waals surface area contributed by atoms with Crippen molar-refractivity contribution in [2.75, 3.05) is 13.6 Å². The number of likely N-dealkylation sites (tertiary alicyclic amines) is 1. The van der Waals surface area contributed by atoms with Crippen LogP contribution in [0.25, 0.3) is 10.6 Å². The van der Waals surface area contributed by atoms with Gasteiger partial charge in [0.05, 0.1) is 0 Å². The lowest BCUT2D eigenvalue weighted by Gasteiger charge is -2.04. The summed E-state index contributed by atoms with van der Waals surface area (Å²) in [6.07, 6.45) is 0.422. The van der Waals surface area contributed by atoms with Crippen LogP contribution in [0.2, 0.25) is 0 Å². The van der Waals surface area contributed by atoms with E-state index in [2.05, 4.69) is 10.9 Å². The van der Waals surface area contributed by atoms with Crippen molar-refractivity contribution in [2.45, 2.75) is 18.7 Å². The summed E-state index contributed by atoms with van der Waals surface area (Å²) in [5.74, 6) is 1.01. The average Bonchev–Trinajstić information content (AvgIpc) is 3.22. The highest BCUT2D eigenvalue weighted by atomic mass is 32.1. The van der Waals surface area contributed by atoms with Crippen LogP contribution < -0.4 is 5.73 Å². The number of hydrogen-bond acceptors (Lipinski definition) is 5. The number of likely N-dealkylation sites (N-methyl/N-ethyl adjacent to an activating group) is 1. The Balaban J connectivity index is 0.000000292. The number of amides is 2. The number of rotatable bonds is 2. The molecule has 148 valence electrons. The maximum Gasteiger partial charge on any atom is 0.427 e. The van der Waals surface area contributed by atoms with Gasteiger partial charge < -0.3 is 15.7 Å². The van der Waals surface area contributed by atoms with E-state index < -0.39 is 28.8 Å². The highest BCUT2D eigenvalue weighted by Gasteiger charge is 2.38. The molecule has 3 rings (SSSR count). The molecule has 3 N–H and O–H groups in total. The van der Waals surface area contributed by atoms with Gasteiger partial charge in [0.2, 0.25) is 0 Å². The van der Waals surface area contributed by atoms with Gasteiger partial charge in [-0.25, -0.2) is 4.98 Å². The molecule has 0 aliphatic carbocycles. The summed E-state index contributed by atoms with van der Waals surface area (Å²) >= 11 is 0.362.